The Morgan fingerprint density at radius 3 is 2.38 bits per heavy atom. The summed E-state index contributed by atoms with van der Waals surface area (Å²) in [7, 11) is -7.25. The third-order valence-electron chi connectivity index (χ3n) is 3.77. The van der Waals surface area contributed by atoms with Crippen LogP contribution in [-0.4, -0.2) is 41.2 Å². The molecule has 1 aliphatic carbocycles. The lowest BCUT2D eigenvalue weighted by Gasteiger charge is -2.29. The minimum Gasteiger partial charge on any atom is -0.383 e. The van der Waals surface area contributed by atoms with Gasteiger partial charge in [0.25, 0.3) is 0 Å². The van der Waals surface area contributed by atoms with Crippen LogP contribution in [0.1, 0.15) is 12.0 Å². The number of benzene rings is 1. The largest absolute Gasteiger partial charge is 0.383 e. The zero-order valence-electron chi connectivity index (χ0n) is 13.2. The van der Waals surface area contributed by atoms with Crippen LogP contribution in [0.3, 0.4) is 0 Å². The smallest absolute Gasteiger partial charge is 0.237 e. The molecule has 0 bridgehead atoms. The summed E-state index contributed by atoms with van der Waals surface area (Å²) >= 11 is 0. The van der Waals surface area contributed by atoms with E-state index in [2.05, 4.69) is 4.72 Å². The topological polar surface area (TPSA) is 116 Å². The monoisotopic (exact) mass is 372 g/mol. The first-order chi connectivity index (χ1) is 11.2. The van der Waals surface area contributed by atoms with Crippen molar-refractivity contribution < 1.29 is 21.6 Å². The summed E-state index contributed by atoms with van der Waals surface area (Å²) in [5, 5.41) is 5.26. The average Bonchev–Trinajstić information content (AvgIpc) is 2.55. The van der Waals surface area contributed by atoms with E-state index in [0.29, 0.717) is 0 Å². The summed E-state index contributed by atoms with van der Waals surface area (Å²) in [6.07, 6.45) is 3.91. The molecule has 9 heteroatoms. The van der Waals surface area contributed by atoms with Crippen LogP contribution >= 0.6 is 0 Å². The first-order valence-corrected chi connectivity index (χ1v) is 10.2. The van der Waals surface area contributed by atoms with E-state index in [1.807, 2.05) is 30.3 Å². The molecule has 0 saturated carbocycles. The summed E-state index contributed by atoms with van der Waals surface area (Å²) in [4.78, 5) is 0. The highest BCUT2D eigenvalue weighted by atomic mass is 32.3. The molecule has 0 aliphatic heterocycles. The molecule has 0 aromatic heterocycles. The van der Waals surface area contributed by atoms with E-state index < -0.39 is 24.1 Å². The van der Waals surface area contributed by atoms with E-state index in [9.17, 15) is 16.8 Å². The Hall–Kier alpha value is -1.52. The molecule has 1 aromatic carbocycles. The van der Waals surface area contributed by atoms with Gasteiger partial charge in [-0.1, -0.05) is 42.5 Å². The molecule has 0 fully saturated rings. The minimum atomic E-state index is -4.41. The van der Waals surface area contributed by atoms with Gasteiger partial charge in [-0.3, -0.25) is 0 Å². The third kappa shape index (κ3) is 3.60. The molecule has 7 nitrogen and oxygen atoms in total. The molecule has 1 atom stereocenters. The van der Waals surface area contributed by atoms with Crippen molar-refractivity contribution in [3.05, 3.63) is 54.1 Å². The number of sulfonamides is 2. The van der Waals surface area contributed by atoms with E-state index in [1.54, 1.807) is 6.08 Å². The van der Waals surface area contributed by atoms with Crippen molar-refractivity contribution >= 4 is 25.6 Å². The van der Waals surface area contributed by atoms with E-state index in [0.717, 1.165) is 17.2 Å². The standard InChI is InChI=1S/C15H20N2O5S2/c1-22-12-11-17-24(20,21)15(23(16,18)19)9-7-14(8-10-15)13-5-3-2-4-6-13/h2-9,17H,10-12H2,1H3,(H2,16,18,19). The Kier molecular flexibility index (Phi) is 5.61. The first-order valence-electron chi connectivity index (χ1n) is 7.19. The fraction of sp³-hybridized carbons (Fsp3) is 0.333. The summed E-state index contributed by atoms with van der Waals surface area (Å²) in [5.74, 6) is 0. The van der Waals surface area contributed by atoms with Crippen LogP contribution in [-0.2, 0) is 24.8 Å². The van der Waals surface area contributed by atoms with Gasteiger partial charge in [-0.05, 0) is 17.2 Å². The zero-order chi connectivity index (χ0) is 17.8. The highest BCUT2D eigenvalue weighted by Gasteiger charge is 2.51. The quantitative estimate of drug-likeness (QED) is 0.679. The Labute approximate surface area is 142 Å². The average molecular weight is 372 g/mol. The highest BCUT2D eigenvalue weighted by molar-refractivity contribution is 8.08. The van der Waals surface area contributed by atoms with Crippen LogP contribution < -0.4 is 9.86 Å². The van der Waals surface area contributed by atoms with Gasteiger partial charge in [0.05, 0.1) is 6.61 Å². The van der Waals surface area contributed by atoms with Crippen LogP contribution in [0.25, 0.3) is 5.57 Å². The lowest BCUT2D eigenvalue weighted by molar-refractivity contribution is 0.204. The van der Waals surface area contributed by atoms with Crippen molar-refractivity contribution in [2.45, 2.75) is 10.5 Å². The van der Waals surface area contributed by atoms with Crippen molar-refractivity contribution in [2.24, 2.45) is 5.14 Å². The number of hydrogen-bond acceptors (Lipinski definition) is 5. The van der Waals surface area contributed by atoms with Crippen LogP contribution in [0.2, 0.25) is 0 Å². The van der Waals surface area contributed by atoms with Crippen LogP contribution in [0.5, 0.6) is 0 Å². The second kappa shape index (κ2) is 7.16. The summed E-state index contributed by atoms with van der Waals surface area (Å²) in [6, 6.07) is 9.25. The lowest BCUT2D eigenvalue weighted by atomic mass is 9.99. The predicted molar refractivity (Wildman–Crippen MR) is 92.8 cm³/mol. The van der Waals surface area contributed by atoms with Gasteiger partial charge in [-0.2, -0.15) is 0 Å². The normalized spacial score (nSPS) is 21.5. The molecule has 2 rings (SSSR count). The maximum atomic E-state index is 12.6. The Morgan fingerprint density at radius 2 is 1.88 bits per heavy atom. The Balaban J connectivity index is 2.37. The van der Waals surface area contributed by atoms with Crippen LogP contribution in [0.15, 0.2) is 48.6 Å². The highest BCUT2D eigenvalue weighted by Crippen LogP contribution is 2.35. The summed E-state index contributed by atoms with van der Waals surface area (Å²) < 4.78 is 54.1. The Bertz CT molecular complexity index is 845. The second-order valence-electron chi connectivity index (χ2n) is 5.31. The summed E-state index contributed by atoms with van der Waals surface area (Å²) in [5.41, 5.74) is 1.60. The van der Waals surface area contributed by atoms with Gasteiger partial charge < -0.3 is 4.74 Å². The fourth-order valence-electron chi connectivity index (χ4n) is 2.41. The number of ether oxygens (including phenoxy) is 1. The van der Waals surface area contributed by atoms with E-state index >= 15 is 0 Å². The maximum Gasteiger partial charge on any atom is 0.237 e. The molecule has 1 aliphatic rings. The number of hydrogen-bond donors (Lipinski definition) is 2. The number of nitrogens with one attached hydrogen (secondary N) is 1. The SMILES string of the molecule is COCCNS(=O)(=O)C1(S(N)(=O)=O)C=CC(c2ccccc2)=CC1. The van der Waals surface area contributed by atoms with Gasteiger partial charge >= 0.3 is 0 Å². The molecule has 1 unspecified atom stereocenters. The van der Waals surface area contributed by atoms with Crippen molar-refractivity contribution in [1.82, 2.24) is 4.72 Å². The fourth-order valence-corrected chi connectivity index (χ4v) is 5.53. The van der Waals surface area contributed by atoms with E-state index in [-0.39, 0.29) is 19.6 Å². The Morgan fingerprint density at radius 1 is 1.21 bits per heavy atom. The molecule has 0 amide bonds. The maximum absolute atomic E-state index is 12.6. The molecule has 0 radical (unpaired) electrons. The molecule has 1 aromatic rings. The molecule has 132 valence electrons. The van der Waals surface area contributed by atoms with E-state index in [1.165, 1.54) is 13.2 Å². The summed E-state index contributed by atoms with van der Waals surface area (Å²) in [6.45, 7) is 0.0773. The molecule has 0 spiro atoms. The number of methoxy groups -OCH3 is 1. The van der Waals surface area contributed by atoms with E-state index in [4.69, 9.17) is 9.88 Å². The van der Waals surface area contributed by atoms with Gasteiger partial charge in [0.15, 0.2) is 0 Å². The van der Waals surface area contributed by atoms with Crippen LogP contribution in [0, 0.1) is 0 Å². The minimum absolute atomic E-state index is 0.0425. The third-order valence-corrected chi connectivity index (χ3v) is 8.18. The van der Waals surface area contributed by atoms with Crippen LogP contribution in [0.4, 0.5) is 0 Å². The van der Waals surface area contributed by atoms with Gasteiger partial charge in [0, 0.05) is 20.1 Å². The lowest BCUT2D eigenvalue weighted by Crippen LogP contribution is -2.54. The molecule has 24 heavy (non-hydrogen) atoms. The zero-order valence-corrected chi connectivity index (χ0v) is 14.8. The van der Waals surface area contributed by atoms with Gasteiger partial charge in [-0.15, -0.1) is 0 Å². The molecular formula is C15H20N2O5S2. The second-order valence-corrected chi connectivity index (χ2v) is 9.41. The van der Waals surface area contributed by atoms with Crippen molar-refractivity contribution in [1.29, 1.82) is 0 Å². The number of nitrogens with two attached hydrogens (primary N) is 1. The van der Waals surface area contributed by atoms with Crippen molar-refractivity contribution in [3.63, 3.8) is 0 Å². The number of allylic oxidation sites excluding steroid dienone is 3. The molecular weight excluding hydrogens is 352 g/mol. The van der Waals surface area contributed by atoms with Gasteiger partial charge in [0.2, 0.25) is 24.1 Å². The predicted octanol–water partition coefficient (Wildman–Crippen LogP) is 0.581. The van der Waals surface area contributed by atoms with Gasteiger partial charge in [-0.25, -0.2) is 26.7 Å². The molecule has 0 heterocycles. The van der Waals surface area contributed by atoms with Crippen molar-refractivity contribution in [3.8, 4) is 0 Å². The van der Waals surface area contributed by atoms with Gasteiger partial charge in [0.1, 0.15) is 0 Å². The number of primary sulfonamides is 1. The first kappa shape index (κ1) is 18.8. The van der Waals surface area contributed by atoms with Crippen molar-refractivity contribution in [2.75, 3.05) is 20.3 Å². The molecule has 3 N–H and O–H groups in total. The number of rotatable bonds is 7. The molecule has 0 saturated heterocycles.